The van der Waals surface area contributed by atoms with Crippen molar-refractivity contribution >= 4 is 22.5 Å². The normalized spacial score (nSPS) is 18.3. The van der Waals surface area contributed by atoms with Crippen LogP contribution in [0.2, 0.25) is 0 Å². The summed E-state index contributed by atoms with van der Waals surface area (Å²) < 4.78 is 1.80. The fraction of sp³-hybridized carbons (Fsp3) is 0.261. The van der Waals surface area contributed by atoms with E-state index >= 15 is 0 Å². The first-order chi connectivity index (χ1) is 15.2. The number of aryl methyl sites for hydroxylation is 1. The van der Waals surface area contributed by atoms with Gasteiger partial charge in [0, 0.05) is 36.9 Å². The maximum absolute atomic E-state index is 4.78. The van der Waals surface area contributed by atoms with Crippen molar-refractivity contribution < 1.29 is 0 Å². The molecule has 0 radical (unpaired) electrons. The molecule has 4 aromatic rings. The van der Waals surface area contributed by atoms with E-state index in [9.17, 15) is 0 Å². The lowest BCUT2D eigenvalue weighted by Gasteiger charge is -2.14. The molecule has 0 saturated heterocycles. The van der Waals surface area contributed by atoms with Crippen molar-refractivity contribution in [3.8, 4) is 11.4 Å². The second-order valence-electron chi connectivity index (χ2n) is 8.32. The van der Waals surface area contributed by atoms with Crippen LogP contribution >= 0.6 is 0 Å². The van der Waals surface area contributed by atoms with E-state index in [0.717, 1.165) is 22.7 Å². The second kappa shape index (κ2) is 6.95. The number of benzene rings is 2. The van der Waals surface area contributed by atoms with E-state index in [-0.39, 0.29) is 6.04 Å². The van der Waals surface area contributed by atoms with Crippen LogP contribution in [0.3, 0.4) is 0 Å². The molecule has 1 unspecified atom stereocenters. The SMILES string of the molecule is CN1C=CC(c2ccc(-c3nc(Nc4ccc5[nH]ncc5c4C4CC4)n(C)n3)cc2)N1. The summed E-state index contributed by atoms with van der Waals surface area (Å²) in [4.78, 5) is 4.78. The molecule has 1 saturated carbocycles. The Labute approximate surface area is 179 Å². The molecule has 0 spiro atoms. The van der Waals surface area contributed by atoms with Gasteiger partial charge >= 0.3 is 0 Å². The van der Waals surface area contributed by atoms with Crippen LogP contribution in [0.15, 0.2) is 54.9 Å². The minimum atomic E-state index is 0.201. The maximum Gasteiger partial charge on any atom is 0.225 e. The van der Waals surface area contributed by atoms with E-state index in [1.165, 1.54) is 29.4 Å². The molecule has 1 fully saturated rings. The summed E-state index contributed by atoms with van der Waals surface area (Å²) in [5.41, 5.74) is 9.05. The van der Waals surface area contributed by atoms with Crippen LogP contribution < -0.4 is 10.7 Å². The Hall–Kier alpha value is -3.65. The molecule has 2 aliphatic rings. The van der Waals surface area contributed by atoms with E-state index in [1.807, 2.05) is 31.5 Å². The molecule has 8 nitrogen and oxygen atoms in total. The predicted octanol–water partition coefficient (Wildman–Crippen LogP) is 3.98. The Morgan fingerprint density at radius 3 is 2.65 bits per heavy atom. The molecule has 0 amide bonds. The summed E-state index contributed by atoms with van der Waals surface area (Å²) in [7, 11) is 3.92. The number of hydrogen-bond acceptors (Lipinski definition) is 6. The zero-order valence-corrected chi connectivity index (χ0v) is 17.5. The highest BCUT2D eigenvalue weighted by Gasteiger charge is 2.29. The first kappa shape index (κ1) is 18.1. The average molecular weight is 413 g/mol. The third-order valence-corrected chi connectivity index (χ3v) is 6.03. The van der Waals surface area contributed by atoms with Crippen LogP contribution in [0.1, 0.15) is 35.9 Å². The van der Waals surface area contributed by atoms with Crippen molar-refractivity contribution in [3.05, 3.63) is 66.0 Å². The minimum Gasteiger partial charge on any atom is -0.324 e. The summed E-state index contributed by atoms with van der Waals surface area (Å²) in [6, 6.07) is 12.8. The third kappa shape index (κ3) is 3.25. The summed E-state index contributed by atoms with van der Waals surface area (Å²) in [6.45, 7) is 0. The summed E-state index contributed by atoms with van der Waals surface area (Å²) in [5, 5.41) is 18.6. The van der Waals surface area contributed by atoms with Crippen LogP contribution in [0.4, 0.5) is 11.6 Å². The molecule has 2 aromatic heterocycles. The van der Waals surface area contributed by atoms with E-state index in [4.69, 9.17) is 4.98 Å². The van der Waals surface area contributed by atoms with Gasteiger partial charge in [0.1, 0.15) is 0 Å². The third-order valence-electron chi connectivity index (χ3n) is 6.03. The zero-order valence-electron chi connectivity index (χ0n) is 17.5. The van der Waals surface area contributed by atoms with Crippen molar-refractivity contribution in [2.45, 2.75) is 24.8 Å². The summed E-state index contributed by atoms with van der Waals surface area (Å²) >= 11 is 0. The molecule has 2 aromatic carbocycles. The van der Waals surface area contributed by atoms with Gasteiger partial charge in [-0.05, 0) is 48.1 Å². The van der Waals surface area contributed by atoms with E-state index in [2.05, 4.69) is 68.5 Å². The molecule has 1 aliphatic heterocycles. The maximum atomic E-state index is 4.78. The number of anilines is 2. The van der Waals surface area contributed by atoms with Gasteiger partial charge in [-0.25, -0.2) is 10.1 Å². The highest BCUT2D eigenvalue weighted by atomic mass is 15.5. The van der Waals surface area contributed by atoms with E-state index < -0.39 is 0 Å². The number of hydrazine groups is 1. The van der Waals surface area contributed by atoms with Gasteiger partial charge < -0.3 is 10.3 Å². The Morgan fingerprint density at radius 2 is 1.90 bits per heavy atom. The Bertz CT molecular complexity index is 1280. The number of nitrogens with zero attached hydrogens (tertiary/aromatic N) is 5. The summed E-state index contributed by atoms with van der Waals surface area (Å²) in [6.07, 6.45) is 8.54. The standard InChI is InChI=1S/C23H24N8/c1-30-12-11-18(28-30)14-3-7-16(8-4-14)22-26-23(31(2)29-22)25-20-10-9-19-17(13-24-27-19)21(20)15-5-6-15/h3-4,7-13,15,18,28H,5-6H2,1-2H3,(H,24,27)(H,25,26,29). The lowest BCUT2D eigenvalue weighted by atomic mass is 10.0. The Kier molecular flexibility index (Phi) is 4.07. The molecule has 3 heterocycles. The second-order valence-corrected chi connectivity index (χ2v) is 8.32. The quantitative estimate of drug-likeness (QED) is 0.460. The van der Waals surface area contributed by atoms with Gasteiger partial charge in [0.15, 0.2) is 5.82 Å². The van der Waals surface area contributed by atoms with Gasteiger partial charge in [0.2, 0.25) is 5.95 Å². The lowest BCUT2D eigenvalue weighted by Crippen LogP contribution is -2.26. The number of hydrogen-bond donors (Lipinski definition) is 3. The van der Waals surface area contributed by atoms with Crippen molar-refractivity contribution in [3.63, 3.8) is 0 Å². The topological polar surface area (TPSA) is 86.7 Å². The molecule has 6 rings (SSSR count). The van der Waals surface area contributed by atoms with E-state index in [1.54, 1.807) is 4.68 Å². The van der Waals surface area contributed by atoms with Gasteiger partial charge in [-0.15, -0.1) is 5.10 Å². The van der Waals surface area contributed by atoms with Gasteiger partial charge in [-0.2, -0.15) is 10.1 Å². The fourth-order valence-corrected chi connectivity index (χ4v) is 4.24. The number of fused-ring (bicyclic) bond motifs is 1. The van der Waals surface area contributed by atoms with Crippen molar-refractivity contribution in [2.24, 2.45) is 7.05 Å². The molecule has 31 heavy (non-hydrogen) atoms. The lowest BCUT2D eigenvalue weighted by molar-refractivity contribution is 0.333. The molecular formula is C23H24N8. The van der Waals surface area contributed by atoms with Crippen LogP contribution in [0.25, 0.3) is 22.3 Å². The van der Waals surface area contributed by atoms with Crippen LogP contribution in [-0.2, 0) is 7.05 Å². The number of nitrogens with one attached hydrogen (secondary N) is 3. The van der Waals surface area contributed by atoms with Gasteiger partial charge in [0.05, 0.1) is 17.8 Å². The first-order valence-electron chi connectivity index (χ1n) is 10.6. The van der Waals surface area contributed by atoms with Gasteiger partial charge in [-0.1, -0.05) is 24.3 Å². The summed E-state index contributed by atoms with van der Waals surface area (Å²) in [5.74, 6) is 2.02. The first-order valence-corrected chi connectivity index (χ1v) is 10.6. The highest BCUT2D eigenvalue weighted by molar-refractivity contribution is 5.89. The fourth-order valence-electron chi connectivity index (χ4n) is 4.24. The minimum absolute atomic E-state index is 0.201. The van der Waals surface area contributed by atoms with Gasteiger partial charge in [-0.3, -0.25) is 5.10 Å². The Balaban J connectivity index is 1.28. The van der Waals surface area contributed by atoms with E-state index in [0.29, 0.717) is 11.7 Å². The molecule has 0 bridgehead atoms. The van der Waals surface area contributed by atoms with Crippen LogP contribution in [0.5, 0.6) is 0 Å². The smallest absolute Gasteiger partial charge is 0.225 e. The zero-order chi connectivity index (χ0) is 20.9. The van der Waals surface area contributed by atoms with Crippen molar-refractivity contribution in [1.82, 2.24) is 35.4 Å². The monoisotopic (exact) mass is 412 g/mol. The van der Waals surface area contributed by atoms with Crippen molar-refractivity contribution in [2.75, 3.05) is 12.4 Å². The molecular weight excluding hydrogens is 388 g/mol. The number of H-pyrrole nitrogens is 1. The molecule has 1 aliphatic carbocycles. The largest absolute Gasteiger partial charge is 0.324 e. The average Bonchev–Trinajstić information content (AvgIpc) is 3.15. The molecule has 3 N–H and O–H groups in total. The van der Waals surface area contributed by atoms with Crippen molar-refractivity contribution in [1.29, 1.82) is 0 Å². The Morgan fingerprint density at radius 1 is 1.06 bits per heavy atom. The number of aromatic nitrogens is 5. The van der Waals surface area contributed by atoms with Crippen LogP contribution in [-0.4, -0.2) is 37.0 Å². The molecule has 8 heteroatoms. The van der Waals surface area contributed by atoms with Crippen LogP contribution in [0, 0.1) is 0 Å². The number of rotatable bonds is 5. The molecule has 1 atom stereocenters. The van der Waals surface area contributed by atoms with Gasteiger partial charge in [0.25, 0.3) is 0 Å². The highest BCUT2D eigenvalue weighted by Crippen LogP contribution is 2.47. The number of aromatic amines is 1. The molecule has 156 valence electrons. The predicted molar refractivity (Wildman–Crippen MR) is 121 cm³/mol.